The number of amides is 1. The van der Waals surface area contributed by atoms with Gasteiger partial charge in [-0.1, -0.05) is 24.3 Å². The molecule has 5 nitrogen and oxygen atoms in total. The Hall–Kier alpha value is -3.08. The molecule has 0 saturated carbocycles. The summed E-state index contributed by atoms with van der Waals surface area (Å²) in [5.41, 5.74) is 2.62. The second kappa shape index (κ2) is 7.66. The van der Waals surface area contributed by atoms with E-state index in [9.17, 15) is 4.79 Å². The van der Waals surface area contributed by atoms with Crippen molar-refractivity contribution in [2.45, 2.75) is 6.92 Å². The van der Waals surface area contributed by atoms with E-state index in [1.165, 1.54) is 6.08 Å². The Labute approximate surface area is 146 Å². The first-order valence-electron chi connectivity index (χ1n) is 8.10. The second-order valence-corrected chi connectivity index (χ2v) is 5.78. The highest BCUT2D eigenvalue weighted by Crippen LogP contribution is 2.15. The molecule has 0 spiro atoms. The largest absolute Gasteiger partial charge is 0.492 e. The number of aryl methyl sites for hydroxylation is 1. The SMILES string of the molecule is Cc1cccc(OCCN(C)C(=O)/C=C/c2nc3ccccc3o2)c1. The molecule has 1 heterocycles. The van der Waals surface area contributed by atoms with Crippen LogP contribution in [0.5, 0.6) is 5.75 Å². The van der Waals surface area contributed by atoms with Crippen LogP contribution in [0.15, 0.2) is 59.0 Å². The fourth-order valence-electron chi connectivity index (χ4n) is 2.35. The molecule has 1 amide bonds. The highest BCUT2D eigenvalue weighted by molar-refractivity contribution is 5.91. The topological polar surface area (TPSA) is 55.6 Å². The second-order valence-electron chi connectivity index (χ2n) is 5.78. The van der Waals surface area contributed by atoms with Crippen LogP contribution in [-0.2, 0) is 4.79 Å². The maximum atomic E-state index is 12.1. The van der Waals surface area contributed by atoms with Crippen LogP contribution in [0.3, 0.4) is 0 Å². The summed E-state index contributed by atoms with van der Waals surface area (Å²) in [5, 5.41) is 0. The average molecular weight is 336 g/mol. The van der Waals surface area contributed by atoms with Crippen LogP contribution < -0.4 is 4.74 Å². The van der Waals surface area contributed by atoms with Gasteiger partial charge in [0.2, 0.25) is 11.8 Å². The highest BCUT2D eigenvalue weighted by Gasteiger charge is 2.07. The molecule has 0 fully saturated rings. The molecule has 0 radical (unpaired) electrons. The average Bonchev–Trinajstić information content (AvgIpc) is 3.02. The summed E-state index contributed by atoms with van der Waals surface area (Å²) >= 11 is 0. The van der Waals surface area contributed by atoms with E-state index in [1.54, 1.807) is 18.0 Å². The number of benzene rings is 2. The molecule has 0 bridgehead atoms. The molecule has 0 unspecified atom stereocenters. The number of oxazole rings is 1. The van der Waals surface area contributed by atoms with E-state index in [0.717, 1.165) is 16.8 Å². The number of nitrogens with zero attached hydrogens (tertiary/aromatic N) is 2. The van der Waals surface area contributed by atoms with Crippen LogP contribution in [0.1, 0.15) is 11.5 Å². The van der Waals surface area contributed by atoms with Crippen molar-refractivity contribution in [3.8, 4) is 5.75 Å². The molecule has 0 atom stereocenters. The number of aromatic nitrogens is 1. The van der Waals surface area contributed by atoms with Crippen LogP contribution >= 0.6 is 0 Å². The number of ether oxygens (including phenoxy) is 1. The van der Waals surface area contributed by atoms with Gasteiger partial charge in [-0.05, 0) is 36.8 Å². The van der Waals surface area contributed by atoms with Gasteiger partial charge in [0, 0.05) is 19.2 Å². The zero-order chi connectivity index (χ0) is 17.6. The number of carbonyl (C=O) groups is 1. The van der Waals surface area contributed by atoms with Gasteiger partial charge in [0.1, 0.15) is 17.9 Å². The van der Waals surface area contributed by atoms with E-state index in [1.807, 2.05) is 55.5 Å². The third kappa shape index (κ3) is 4.47. The van der Waals surface area contributed by atoms with Gasteiger partial charge in [0.15, 0.2) is 5.58 Å². The van der Waals surface area contributed by atoms with Crippen LogP contribution in [0.2, 0.25) is 0 Å². The lowest BCUT2D eigenvalue weighted by Crippen LogP contribution is -2.29. The number of rotatable bonds is 6. The Morgan fingerprint density at radius 3 is 2.88 bits per heavy atom. The van der Waals surface area contributed by atoms with Crippen molar-refractivity contribution in [1.29, 1.82) is 0 Å². The Morgan fingerprint density at radius 2 is 2.08 bits per heavy atom. The summed E-state index contributed by atoms with van der Waals surface area (Å²) in [4.78, 5) is 18.0. The van der Waals surface area contributed by atoms with Gasteiger partial charge in [-0.25, -0.2) is 4.98 Å². The molecular weight excluding hydrogens is 316 g/mol. The lowest BCUT2D eigenvalue weighted by atomic mass is 10.2. The van der Waals surface area contributed by atoms with Gasteiger partial charge in [-0.3, -0.25) is 4.79 Å². The first-order valence-corrected chi connectivity index (χ1v) is 8.10. The molecule has 0 saturated heterocycles. The molecule has 3 aromatic rings. The fraction of sp³-hybridized carbons (Fsp3) is 0.200. The van der Waals surface area contributed by atoms with Gasteiger partial charge < -0.3 is 14.1 Å². The molecular formula is C20H20N2O3. The number of fused-ring (bicyclic) bond motifs is 1. The summed E-state index contributed by atoms with van der Waals surface area (Å²) in [5.74, 6) is 1.09. The van der Waals surface area contributed by atoms with E-state index >= 15 is 0 Å². The predicted octanol–water partition coefficient (Wildman–Crippen LogP) is 3.69. The van der Waals surface area contributed by atoms with Gasteiger partial charge >= 0.3 is 0 Å². The highest BCUT2D eigenvalue weighted by atomic mass is 16.5. The Kier molecular flexibility index (Phi) is 5.14. The van der Waals surface area contributed by atoms with Crippen molar-refractivity contribution < 1.29 is 13.9 Å². The molecule has 3 rings (SSSR count). The molecule has 128 valence electrons. The van der Waals surface area contributed by atoms with E-state index in [4.69, 9.17) is 9.15 Å². The Morgan fingerprint density at radius 1 is 1.24 bits per heavy atom. The number of para-hydroxylation sites is 2. The van der Waals surface area contributed by atoms with Crippen molar-refractivity contribution in [3.05, 3.63) is 66.1 Å². The summed E-state index contributed by atoms with van der Waals surface area (Å²) in [7, 11) is 1.73. The van der Waals surface area contributed by atoms with Crippen LogP contribution in [-0.4, -0.2) is 36.0 Å². The first kappa shape index (κ1) is 16.8. The van der Waals surface area contributed by atoms with Crippen molar-refractivity contribution in [1.82, 2.24) is 9.88 Å². The third-order valence-electron chi connectivity index (χ3n) is 3.74. The molecule has 5 heteroatoms. The van der Waals surface area contributed by atoms with Gasteiger partial charge in [0.25, 0.3) is 0 Å². The van der Waals surface area contributed by atoms with E-state index in [-0.39, 0.29) is 5.91 Å². The zero-order valence-electron chi connectivity index (χ0n) is 14.3. The minimum Gasteiger partial charge on any atom is -0.492 e. The van der Waals surface area contributed by atoms with Crippen molar-refractivity contribution in [2.75, 3.05) is 20.2 Å². The maximum absolute atomic E-state index is 12.1. The minimum absolute atomic E-state index is 0.130. The van der Waals surface area contributed by atoms with Gasteiger partial charge in [0.05, 0.1) is 6.54 Å². The van der Waals surface area contributed by atoms with E-state index in [0.29, 0.717) is 24.6 Å². The summed E-state index contributed by atoms with van der Waals surface area (Å²) < 4.78 is 11.2. The van der Waals surface area contributed by atoms with Crippen molar-refractivity contribution in [2.24, 2.45) is 0 Å². The minimum atomic E-state index is -0.130. The number of likely N-dealkylation sites (N-methyl/N-ethyl adjacent to an activating group) is 1. The monoisotopic (exact) mass is 336 g/mol. The normalized spacial score (nSPS) is 11.1. The predicted molar refractivity (Wildman–Crippen MR) is 97.4 cm³/mol. The molecule has 25 heavy (non-hydrogen) atoms. The first-order chi connectivity index (χ1) is 12.1. The van der Waals surface area contributed by atoms with Crippen LogP contribution in [0.4, 0.5) is 0 Å². The van der Waals surface area contributed by atoms with Crippen LogP contribution in [0.25, 0.3) is 17.2 Å². The third-order valence-corrected chi connectivity index (χ3v) is 3.74. The van der Waals surface area contributed by atoms with E-state index < -0.39 is 0 Å². The fourth-order valence-corrected chi connectivity index (χ4v) is 2.35. The van der Waals surface area contributed by atoms with Gasteiger partial charge in [-0.15, -0.1) is 0 Å². The molecule has 0 N–H and O–H groups in total. The molecule has 0 aliphatic rings. The maximum Gasteiger partial charge on any atom is 0.246 e. The van der Waals surface area contributed by atoms with E-state index in [2.05, 4.69) is 4.98 Å². The summed E-state index contributed by atoms with van der Waals surface area (Å²) in [6.07, 6.45) is 3.04. The smallest absolute Gasteiger partial charge is 0.246 e. The molecule has 1 aromatic heterocycles. The quantitative estimate of drug-likeness (QED) is 0.644. The Balaban J connectivity index is 1.51. The summed E-state index contributed by atoms with van der Waals surface area (Å²) in [6.45, 7) is 2.94. The Bertz CT molecular complexity index is 866. The molecule has 2 aromatic carbocycles. The summed E-state index contributed by atoms with van der Waals surface area (Å²) in [6, 6.07) is 15.3. The van der Waals surface area contributed by atoms with Crippen molar-refractivity contribution in [3.63, 3.8) is 0 Å². The number of hydrogen-bond donors (Lipinski definition) is 0. The molecule has 0 aliphatic carbocycles. The zero-order valence-corrected chi connectivity index (χ0v) is 14.3. The van der Waals surface area contributed by atoms with Crippen molar-refractivity contribution >= 4 is 23.1 Å². The number of hydrogen-bond acceptors (Lipinski definition) is 4. The standard InChI is InChI=1S/C20H20N2O3/c1-15-6-5-7-16(14-15)24-13-12-22(2)20(23)11-10-19-21-17-8-3-4-9-18(17)25-19/h3-11,14H,12-13H2,1-2H3/b11-10+. The lowest BCUT2D eigenvalue weighted by Gasteiger charge is -2.15. The van der Waals surface area contributed by atoms with Gasteiger partial charge in [-0.2, -0.15) is 0 Å². The lowest BCUT2D eigenvalue weighted by molar-refractivity contribution is -0.125. The van der Waals surface area contributed by atoms with Crippen LogP contribution in [0, 0.1) is 6.92 Å². The number of carbonyl (C=O) groups excluding carboxylic acids is 1. The molecule has 0 aliphatic heterocycles.